The lowest BCUT2D eigenvalue weighted by Gasteiger charge is -2.24. The van der Waals surface area contributed by atoms with E-state index in [4.69, 9.17) is 4.74 Å². The summed E-state index contributed by atoms with van der Waals surface area (Å²) < 4.78 is 5.13. The van der Waals surface area contributed by atoms with E-state index in [1.54, 1.807) is 13.2 Å². The topological polar surface area (TPSA) is 60.3 Å². The largest absolute Gasteiger partial charge is 0.508 e. The van der Waals surface area contributed by atoms with Crippen LogP contribution in [0.2, 0.25) is 0 Å². The van der Waals surface area contributed by atoms with E-state index in [0.29, 0.717) is 11.7 Å². The van der Waals surface area contributed by atoms with Gasteiger partial charge in [0.1, 0.15) is 11.5 Å². The van der Waals surface area contributed by atoms with Crippen LogP contribution in [0.15, 0.2) is 23.2 Å². The summed E-state index contributed by atoms with van der Waals surface area (Å²) in [7, 11) is 3.44. The normalized spacial score (nSPS) is 17.8. The number of rotatable bonds is 8. The van der Waals surface area contributed by atoms with Gasteiger partial charge in [0.2, 0.25) is 0 Å². The lowest BCUT2D eigenvalue weighted by molar-refractivity contribution is 0.255. The molecule has 1 aliphatic rings. The highest BCUT2D eigenvalue weighted by Gasteiger charge is 2.25. The van der Waals surface area contributed by atoms with Crippen LogP contribution in [-0.2, 0) is 6.42 Å². The minimum absolute atomic E-state index is 0.279. The lowest BCUT2D eigenvalue weighted by Crippen LogP contribution is -2.41. The zero-order chi connectivity index (χ0) is 18.9. The second-order valence-corrected chi connectivity index (χ2v) is 6.81. The Labute approximate surface area is 157 Å². The minimum atomic E-state index is 0.279. The van der Waals surface area contributed by atoms with Crippen molar-refractivity contribution in [2.75, 3.05) is 53.4 Å². The van der Waals surface area contributed by atoms with E-state index in [-0.39, 0.29) is 5.75 Å². The highest BCUT2D eigenvalue weighted by molar-refractivity contribution is 5.80. The highest BCUT2D eigenvalue weighted by Crippen LogP contribution is 2.23. The summed E-state index contributed by atoms with van der Waals surface area (Å²) in [5, 5.41) is 13.5. The monoisotopic (exact) mass is 362 g/mol. The van der Waals surface area contributed by atoms with Gasteiger partial charge < -0.3 is 25.0 Å². The van der Waals surface area contributed by atoms with Crippen molar-refractivity contribution in [3.05, 3.63) is 23.8 Å². The van der Waals surface area contributed by atoms with Crippen molar-refractivity contribution in [1.29, 1.82) is 0 Å². The molecule has 0 aromatic heterocycles. The molecule has 1 aliphatic heterocycles. The standard InChI is InChI=1S/C20H34N4O2/c1-5-23(6-2)14-16-10-12-24(15-16)20(21-3)22-11-9-17-7-8-18(26-4)13-19(17)25/h7-8,13,16,25H,5-6,9-12,14-15H2,1-4H3,(H,21,22). The first kappa shape index (κ1) is 20.4. The molecule has 0 bridgehead atoms. The molecule has 0 saturated carbocycles. The molecule has 1 unspecified atom stereocenters. The van der Waals surface area contributed by atoms with Crippen molar-refractivity contribution in [3.8, 4) is 11.5 Å². The number of nitrogens with zero attached hydrogens (tertiary/aromatic N) is 3. The van der Waals surface area contributed by atoms with Gasteiger partial charge in [-0.1, -0.05) is 19.9 Å². The number of phenolic OH excluding ortho intramolecular Hbond substituents is 1. The number of aliphatic imine (C=N–C) groups is 1. The number of methoxy groups -OCH3 is 1. The number of aromatic hydroxyl groups is 1. The van der Waals surface area contributed by atoms with Gasteiger partial charge in [-0.15, -0.1) is 0 Å². The maximum absolute atomic E-state index is 10.1. The molecule has 2 N–H and O–H groups in total. The molecule has 1 fully saturated rings. The number of hydrogen-bond donors (Lipinski definition) is 2. The molecule has 0 aliphatic carbocycles. The van der Waals surface area contributed by atoms with Crippen LogP contribution in [0.3, 0.4) is 0 Å². The molecule has 1 heterocycles. The predicted molar refractivity (Wildman–Crippen MR) is 107 cm³/mol. The summed E-state index contributed by atoms with van der Waals surface area (Å²) in [5.41, 5.74) is 0.912. The molecular formula is C20H34N4O2. The van der Waals surface area contributed by atoms with Gasteiger partial charge >= 0.3 is 0 Å². The SMILES string of the molecule is CCN(CC)CC1CCN(C(=NC)NCCc2ccc(OC)cc2O)C1. The number of phenols is 1. The van der Waals surface area contributed by atoms with Crippen molar-refractivity contribution in [2.45, 2.75) is 26.7 Å². The van der Waals surface area contributed by atoms with Crippen LogP contribution in [0.4, 0.5) is 0 Å². The van der Waals surface area contributed by atoms with Crippen molar-refractivity contribution in [1.82, 2.24) is 15.1 Å². The van der Waals surface area contributed by atoms with Gasteiger partial charge in [-0.25, -0.2) is 0 Å². The van der Waals surface area contributed by atoms with E-state index in [1.165, 1.54) is 13.0 Å². The van der Waals surface area contributed by atoms with E-state index < -0.39 is 0 Å². The van der Waals surface area contributed by atoms with E-state index in [9.17, 15) is 5.11 Å². The number of ether oxygens (including phenoxy) is 1. The Hall–Kier alpha value is -1.95. The zero-order valence-electron chi connectivity index (χ0n) is 16.7. The summed E-state index contributed by atoms with van der Waals surface area (Å²) in [6.07, 6.45) is 1.96. The van der Waals surface area contributed by atoms with Gasteiger partial charge in [0.05, 0.1) is 7.11 Å². The first-order valence-electron chi connectivity index (χ1n) is 9.65. The Morgan fingerprint density at radius 2 is 2.15 bits per heavy atom. The molecule has 1 aromatic carbocycles. The summed E-state index contributed by atoms with van der Waals surface area (Å²) in [6, 6.07) is 5.44. The molecule has 146 valence electrons. The maximum Gasteiger partial charge on any atom is 0.193 e. The van der Waals surface area contributed by atoms with Crippen molar-refractivity contribution in [3.63, 3.8) is 0 Å². The second kappa shape index (κ2) is 10.3. The molecule has 2 rings (SSSR count). The third-order valence-corrected chi connectivity index (χ3v) is 5.18. The zero-order valence-corrected chi connectivity index (χ0v) is 16.7. The fraction of sp³-hybridized carbons (Fsp3) is 0.650. The summed E-state index contributed by atoms with van der Waals surface area (Å²) in [4.78, 5) is 9.29. The van der Waals surface area contributed by atoms with Gasteiger partial charge in [-0.3, -0.25) is 4.99 Å². The molecule has 1 atom stereocenters. The molecule has 6 nitrogen and oxygen atoms in total. The van der Waals surface area contributed by atoms with Crippen molar-refractivity contribution < 1.29 is 9.84 Å². The average Bonchev–Trinajstić information content (AvgIpc) is 3.12. The van der Waals surface area contributed by atoms with Gasteiger partial charge in [0.25, 0.3) is 0 Å². The Balaban J connectivity index is 1.81. The number of hydrogen-bond acceptors (Lipinski definition) is 4. The molecule has 1 saturated heterocycles. The molecule has 0 radical (unpaired) electrons. The Morgan fingerprint density at radius 1 is 1.38 bits per heavy atom. The molecule has 0 amide bonds. The van der Waals surface area contributed by atoms with Crippen LogP contribution < -0.4 is 10.1 Å². The van der Waals surface area contributed by atoms with E-state index in [1.807, 2.05) is 19.2 Å². The molecule has 1 aromatic rings. The summed E-state index contributed by atoms with van der Waals surface area (Å²) >= 11 is 0. The number of guanidine groups is 1. The molecule has 6 heteroatoms. The molecular weight excluding hydrogens is 328 g/mol. The fourth-order valence-electron chi connectivity index (χ4n) is 3.54. The van der Waals surface area contributed by atoms with Gasteiger partial charge in [0.15, 0.2) is 5.96 Å². The fourth-order valence-corrected chi connectivity index (χ4v) is 3.54. The van der Waals surface area contributed by atoms with Gasteiger partial charge in [-0.2, -0.15) is 0 Å². The molecule has 26 heavy (non-hydrogen) atoms. The minimum Gasteiger partial charge on any atom is -0.508 e. The van der Waals surface area contributed by atoms with Crippen LogP contribution in [0.5, 0.6) is 11.5 Å². The van der Waals surface area contributed by atoms with Crippen LogP contribution in [-0.4, -0.2) is 74.3 Å². The van der Waals surface area contributed by atoms with Crippen molar-refractivity contribution in [2.24, 2.45) is 10.9 Å². The third kappa shape index (κ3) is 5.53. The van der Waals surface area contributed by atoms with Crippen LogP contribution >= 0.6 is 0 Å². The number of nitrogens with one attached hydrogen (secondary N) is 1. The highest BCUT2D eigenvalue weighted by atomic mass is 16.5. The first-order chi connectivity index (χ1) is 12.6. The van der Waals surface area contributed by atoms with Crippen LogP contribution in [0.1, 0.15) is 25.8 Å². The van der Waals surface area contributed by atoms with Gasteiger partial charge in [0, 0.05) is 39.3 Å². The van der Waals surface area contributed by atoms with Crippen molar-refractivity contribution >= 4 is 5.96 Å². The van der Waals surface area contributed by atoms with Gasteiger partial charge in [-0.05, 0) is 43.5 Å². The van der Waals surface area contributed by atoms with Crippen LogP contribution in [0, 0.1) is 5.92 Å². The summed E-state index contributed by atoms with van der Waals surface area (Å²) in [5.74, 6) is 2.62. The predicted octanol–water partition coefficient (Wildman–Crippen LogP) is 2.18. The van der Waals surface area contributed by atoms with E-state index in [2.05, 4.69) is 34.0 Å². The third-order valence-electron chi connectivity index (χ3n) is 5.18. The Kier molecular flexibility index (Phi) is 8.04. The number of likely N-dealkylation sites (tertiary alicyclic amines) is 1. The Bertz CT molecular complexity index is 587. The smallest absolute Gasteiger partial charge is 0.193 e. The first-order valence-corrected chi connectivity index (χ1v) is 9.65. The maximum atomic E-state index is 10.1. The molecule has 0 spiro atoms. The van der Waals surface area contributed by atoms with E-state index >= 15 is 0 Å². The quantitative estimate of drug-likeness (QED) is 0.548. The lowest BCUT2D eigenvalue weighted by atomic mass is 10.1. The second-order valence-electron chi connectivity index (χ2n) is 6.81. The van der Waals surface area contributed by atoms with E-state index in [0.717, 1.165) is 50.7 Å². The summed E-state index contributed by atoms with van der Waals surface area (Å²) in [6.45, 7) is 10.7. The van der Waals surface area contributed by atoms with Crippen LogP contribution in [0.25, 0.3) is 0 Å². The average molecular weight is 363 g/mol. The Morgan fingerprint density at radius 3 is 2.77 bits per heavy atom. The number of benzene rings is 1.